The predicted molar refractivity (Wildman–Crippen MR) is 108 cm³/mol. The summed E-state index contributed by atoms with van der Waals surface area (Å²) in [5, 5.41) is 9.62. The van der Waals surface area contributed by atoms with E-state index in [9.17, 15) is 18.0 Å². The van der Waals surface area contributed by atoms with E-state index in [1.165, 1.54) is 6.07 Å². The molecule has 1 aromatic heterocycles. The molecule has 0 bridgehead atoms. The molecule has 4 rings (SSSR count). The van der Waals surface area contributed by atoms with Crippen molar-refractivity contribution in [3.63, 3.8) is 0 Å². The first kappa shape index (κ1) is 20.5. The van der Waals surface area contributed by atoms with Crippen LogP contribution in [0.5, 0.6) is 0 Å². The maximum atomic E-state index is 13.0. The minimum atomic E-state index is -4.60. The highest BCUT2D eigenvalue weighted by Gasteiger charge is 2.37. The molecule has 1 aromatic carbocycles. The van der Waals surface area contributed by atoms with E-state index >= 15 is 0 Å². The Bertz CT molecular complexity index is 925. The number of carbonyl (C=O) groups excluding carboxylic acids is 1. The van der Waals surface area contributed by atoms with Crippen LogP contribution in [0.2, 0.25) is 0 Å². The zero-order valence-corrected chi connectivity index (χ0v) is 16.6. The second-order valence-electron chi connectivity index (χ2n) is 7.68. The molecule has 30 heavy (non-hydrogen) atoms. The van der Waals surface area contributed by atoms with Crippen LogP contribution < -0.4 is 20.9 Å². The lowest BCUT2D eigenvalue weighted by atomic mass is 10.1. The van der Waals surface area contributed by atoms with Gasteiger partial charge in [-0.3, -0.25) is 9.78 Å². The Morgan fingerprint density at radius 2 is 2.10 bits per heavy atom. The molecule has 0 saturated carbocycles. The van der Waals surface area contributed by atoms with Crippen LogP contribution in [-0.4, -0.2) is 36.3 Å². The highest BCUT2D eigenvalue weighted by Crippen LogP contribution is 2.39. The van der Waals surface area contributed by atoms with Gasteiger partial charge in [-0.05, 0) is 50.1 Å². The van der Waals surface area contributed by atoms with Gasteiger partial charge in [-0.1, -0.05) is 18.6 Å². The molecule has 1 fully saturated rings. The van der Waals surface area contributed by atoms with Crippen LogP contribution in [-0.2, 0) is 6.18 Å². The quantitative estimate of drug-likeness (QED) is 0.711. The number of halogens is 3. The molecular weight excluding hydrogens is 395 g/mol. The number of amides is 1. The lowest BCUT2D eigenvalue weighted by molar-refractivity contribution is -0.141. The Kier molecular flexibility index (Phi) is 5.55. The average Bonchev–Trinajstić information content (AvgIpc) is 2.88. The number of alkyl halides is 3. The minimum absolute atomic E-state index is 0.0780. The molecular formula is C21H24F3N5O. The molecule has 2 aromatic rings. The van der Waals surface area contributed by atoms with Crippen molar-refractivity contribution in [2.24, 2.45) is 0 Å². The lowest BCUT2D eigenvalue weighted by Gasteiger charge is -2.35. The van der Waals surface area contributed by atoms with Gasteiger partial charge in [0.2, 0.25) is 0 Å². The molecule has 1 amide bonds. The summed E-state index contributed by atoms with van der Waals surface area (Å²) in [7, 11) is 0. The van der Waals surface area contributed by atoms with E-state index in [1.807, 2.05) is 25.1 Å². The number of aryl methyl sites for hydroxylation is 1. The van der Waals surface area contributed by atoms with Gasteiger partial charge in [-0.15, -0.1) is 0 Å². The smallest absolute Gasteiger partial charge is 0.347 e. The predicted octanol–water partition coefficient (Wildman–Crippen LogP) is 3.50. The van der Waals surface area contributed by atoms with Crippen molar-refractivity contribution in [2.75, 3.05) is 23.3 Å². The number of hydrogen-bond donors (Lipinski definition) is 3. The molecule has 160 valence electrons. The molecule has 0 spiro atoms. The Hall–Kier alpha value is -2.81. The molecule has 3 heterocycles. The van der Waals surface area contributed by atoms with E-state index in [1.54, 1.807) is 0 Å². The van der Waals surface area contributed by atoms with Gasteiger partial charge in [0.15, 0.2) is 6.29 Å². The van der Waals surface area contributed by atoms with Gasteiger partial charge >= 0.3 is 6.18 Å². The Morgan fingerprint density at radius 3 is 2.90 bits per heavy atom. The first-order valence-electron chi connectivity index (χ1n) is 10.0. The Labute approximate surface area is 172 Å². The van der Waals surface area contributed by atoms with Gasteiger partial charge in [0.1, 0.15) is 5.69 Å². The van der Waals surface area contributed by atoms with Crippen molar-refractivity contribution < 1.29 is 18.0 Å². The van der Waals surface area contributed by atoms with Crippen LogP contribution in [0.4, 0.5) is 24.5 Å². The van der Waals surface area contributed by atoms with E-state index in [4.69, 9.17) is 0 Å². The fraction of sp³-hybridized carbons (Fsp3) is 0.429. The van der Waals surface area contributed by atoms with Crippen LogP contribution in [0.25, 0.3) is 0 Å². The standard InChI is InChI=1S/C21H24F3N5O/c1-13-5-4-7-16-18(13)29(15-6-2-3-9-25-12-15)20(27-16)28-19(30)14-8-10-26-17(11-14)21(22,23)24/h4-5,7-8,10-11,15,20,25,27H,2-3,6,9,12H2,1H3,(H,28,30)/t15-,20?/m1/s1. The average molecular weight is 419 g/mol. The van der Waals surface area contributed by atoms with Crippen LogP contribution in [0.1, 0.15) is 40.9 Å². The van der Waals surface area contributed by atoms with Crippen molar-refractivity contribution in [3.8, 4) is 0 Å². The molecule has 0 radical (unpaired) electrons. The van der Waals surface area contributed by atoms with Gasteiger partial charge < -0.3 is 20.9 Å². The number of anilines is 2. The minimum Gasteiger partial charge on any atom is -0.347 e. The van der Waals surface area contributed by atoms with Gasteiger partial charge in [0.25, 0.3) is 5.91 Å². The van der Waals surface area contributed by atoms with Gasteiger partial charge in [0.05, 0.1) is 11.4 Å². The lowest BCUT2D eigenvalue weighted by Crippen LogP contribution is -2.55. The topological polar surface area (TPSA) is 69.3 Å². The first-order valence-corrected chi connectivity index (χ1v) is 10.0. The molecule has 2 aliphatic heterocycles. The van der Waals surface area contributed by atoms with Gasteiger partial charge in [-0.25, -0.2) is 0 Å². The van der Waals surface area contributed by atoms with Crippen molar-refractivity contribution in [1.82, 2.24) is 15.6 Å². The highest BCUT2D eigenvalue weighted by atomic mass is 19.4. The number of fused-ring (bicyclic) bond motifs is 1. The van der Waals surface area contributed by atoms with Crippen molar-refractivity contribution in [1.29, 1.82) is 0 Å². The second kappa shape index (κ2) is 8.14. The molecule has 0 aliphatic carbocycles. The van der Waals surface area contributed by atoms with E-state index in [0.717, 1.165) is 61.6 Å². The monoisotopic (exact) mass is 419 g/mol. The summed E-state index contributed by atoms with van der Waals surface area (Å²) < 4.78 is 38.9. The summed E-state index contributed by atoms with van der Waals surface area (Å²) in [5.74, 6) is -0.586. The van der Waals surface area contributed by atoms with E-state index in [-0.39, 0.29) is 11.6 Å². The first-order chi connectivity index (χ1) is 14.3. The molecule has 2 aliphatic rings. The molecule has 2 atom stereocenters. The number of nitrogens with one attached hydrogen (secondary N) is 3. The molecule has 9 heteroatoms. The van der Waals surface area contributed by atoms with Gasteiger partial charge in [-0.2, -0.15) is 13.2 Å². The highest BCUT2D eigenvalue weighted by molar-refractivity contribution is 5.95. The number of carbonyl (C=O) groups is 1. The number of aromatic nitrogens is 1. The molecule has 1 saturated heterocycles. The zero-order chi connectivity index (χ0) is 21.3. The maximum Gasteiger partial charge on any atom is 0.433 e. The third-order valence-electron chi connectivity index (χ3n) is 5.56. The molecule has 3 N–H and O–H groups in total. The fourth-order valence-electron chi connectivity index (χ4n) is 4.14. The summed E-state index contributed by atoms with van der Waals surface area (Å²) in [6, 6.07) is 8.11. The normalized spacial score (nSPS) is 21.5. The number of nitrogens with zero attached hydrogens (tertiary/aromatic N) is 2. The fourth-order valence-corrected chi connectivity index (χ4v) is 4.14. The van der Waals surface area contributed by atoms with Crippen LogP contribution in [0.15, 0.2) is 36.5 Å². The largest absolute Gasteiger partial charge is 0.433 e. The van der Waals surface area contributed by atoms with Crippen molar-refractivity contribution in [2.45, 2.75) is 44.7 Å². The number of rotatable bonds is 3. The molecule has 6 nitrogen and oxygen atoms in total. The Morgan fingerprint density at radius 1 is 1.27 bits per heavy atom. The van der Waals surface area contributed by atoms with E-state index < -0.39 is 24.1 Å². The Balaban J connectivity index is 1.61. The summed E-state index contributed by atoms with van der Waals surface area (Å²) in [6.07, 6.45) is -1.04. The van der Waals surface area contributed by atoms with Crippen LogP contribution in [0.3, 0.4) is 0 Å². The number of pyridine rings is 1. The van der Waals surface area contributed by atoms with Crippen LogP contribution in [0, 0.1) is 6.92 Å². The molecule has 1 unspecified atom stereocenters. The van der Waals surface area contributed by atoms with E-state index in [0.29, 0.717) is 0 Å². The van der Waals surface area contributed by atoms with E-state index in [2.05, 4.69) is 25.8 Å². The zero-order valence-electron chi connectivity index (χ0n) is 16.6. The van der Waals surface area contributed by atoms with Crippen LogP contribution >= 0.6 is 0 Å². The second-order valence-corrected chi connectivity index (χ2v) is 7.68. The van der Waals surface area contributed by atoms with Crippen molar-refractivity contribution in [3.05, 3.63) is 53.3 Å². The number of hydrogen-bond acceptors (Lipinski definition) is 5. The summed E-state index contributed by atoms with van der Waals surface area (Å²) in [4.78, 5) is 18.3. The summed E-state index contributed by atoms with van der Waals surface area (Å²) in [5.41, 5.74) is 1.82. The van der Waals surface area contributed by atoms with Crippen molar-refractivity contribution >= 4 is 17.3 Å². The SMILES string of the molecule is Cc1cccc2c1N([C@@H]1CCCCNC1)C(NC(=O)c1ccnc(C(F)(F)F)c1)N2. The third kappa shape index (κ3) is 4.07. The maximum absolute atomic E-state index is 13.0. The third-order valence-corrected chi connectivity index (χ3v) is 5.56. The number of benzene rings is 1. The van der Waals surface area contributed by atoms with Gasteiger partial charge in [0, 0.05) is 24.3 Å². The summed E-state index contributed by atoms with van der Waals surface area (Å²) in [6.45, 7) is 3.74. The summed E-state index contributed by atoms with van der Waals surface area (Å²) >= 11 is 0. The number of para-hydroxylation sites is 1.